The van der Waals surface area contributed by atoms with E-state index in [0.29, 0.717) is 22.5 Å². The molecule has 0 unspecified atom stereocenters. The monoisotopic (exact) mass is 361 g/mol. The van der Waals surface area contributed by atoms with Crippen LogP contribution in [0.2, 0.25) is 0 Å². The largest absolute Gasteiger partial charge is 0.397 e. The molecule has 7 heteroatoms. The molecule has 1 amide bonds. The highest BCUT2D eigenvalue weighted by molar-refractivity contribution is 7.89. The second-order valence-electron chi connectivity index (χ2n) is 6.01. The van der Waals surface area contributed by atoms with Crippen LogP contribution in [0.5, 0.6) is 0 Å². The van der Waals surface area contributed by atoms with Gasteiger partial charge < -0.3 is 11.1 Å². The van der Waals surface area contributed by atoms with Crippen LogP contribution < -0.4 is 15.8 Å². The number of benzene rings is 2. The van der Waals surface area contributed by atoms with Crippen LogP contribution in [0.15, 0.2) is 41.3 Å². The number of carbonyl (C=O) groups is 1. The third kappa shape index (κ3) is 4.80. The van der Waals surface area contributed by atoms with Crippen molar-refractivity contribution >= 4 is 27.3 Å². The molecule has 0 radical (unpaired) electrons. The van der Waals surface area contributed by atoms with Crippen molar-refractivity contribution in [2.45, 2.75) is 32.1 Å². The van der Waals surface area contributed by atoms with E-state index in [2.05, 4.69) is 10.0 Å². The Hall–Kier alpha value is -2.38. The summed E-state index contributed by atoms with van der Waals surface area (Å²) in [7, 11) is -3.67. The zero-order chi connectivity index (χ0) is 18.6. The topological polar surface area (TPSA) is 101 Å². The number of nitrogens with one attached hydrogen (secondary N) is 2. The molecule has 134 valence electrons. The fraction of sp³-hybridized carbons (Fsp3) is 0.278. The second kappa shape index (κ2) is 7.67. The molecule has 0 atom stereocenters. The van der Waals surface area contributed by atoms with Gasteiger partial charge in [0.05, 0.1) is 16.3 Å². The summed E-state index contributed by atoms with van der Waals surface area (Å²) in [5.74, 6) is -0.307. The van der Waals surface area contributed by atoms with Gasteiger partial charge in [-0.05, 0) is 44.0 Å². The summed E-state index contributed by atoms with van der Waals surface area (Å²) in [5.41, 5.74) is 9.12. The number of rotatable bonds is 6. The zero-order valence-electron chi connectivity index (χ0n) is 14.6. The van der Waals surface area contributed by atoms with Crippen LogP contribution in [0.25, 0.3) is 0 Å². The van der Waals surface area contributed by atoms with Gasteiger partial charge in [-0.15, -0.1) is 0 Å². The number of hydrogen-bond acceptors (Lipinski definition) is 4. The number of aryl methyl sites for hydroxylation is 3. The van der Waals surface area contributed by atoms with E-state index in [9.17, 15) is 13.2 Å². The molecule has 0 bridgehead atoms. The third-order valence-corrected chi connectivity index (χ3v) is 5.52. The Bertz CT molecular complexity index is 869. The van der Waals surface area contributed by atoms with Gasteiger partial charge in [-0.25, -0.2) is 13.1 Å². The average molecular weight is 361 g/mol. The normalized spacial score (nSPS) is 11.3. The first kappa shape index (κ1) is 19.0. The van der Waals surface area contributed by atoms with Crippen LogP contribution in [0.4, 0.5) is 11.4 Å². The minimum Gasteiger partial charge on any atom is -0.397 e. The molecular weight excluding hydrogens is 338 g/mol. The van der Waals surface area contributed by atoms with Crippen LogP contribution in [0, 0.1) is 20.8 Å². The SMILES string of the molecule is Cc1cc(C)c(S(=O)(=O)NCCC(=O)Nc2ccccc2N)c(C)c1. The lowest BCUT2D eigenvalue weighted by Crippen LogP contribution is -2.29. The van der Waals surface area contributed by atoms with Crippen molar-refractivity contribution in [2.75, 3.05) is 17.6 Å². The van der Waals surface area contributed by atoms with E-state index in [-0.39, 0.29) is 23.8 Å². The molecule has 0 saturated heterocycles. The van der Waals surface area contributed by atoms with Gasteiger partial charge in [0, 0.05) is 13.0 Å². The maximum absolute atomic E-state index is 12.5. The number of nitrogens with two attached hydrogens (primary N) is 1. The van der Waals surface area contributed by atoms with Gasteiger partial charge >= 0.3 is 0 Å². The predicted octanol–water partition coefficient (Wildman–Crippen LogP) is 2.50. The molecule has 0 aromatic heterocycles. The Morgan fingerprint density at radius 2 is 1.68 bits per heavy atom. The summed E-state index contributed by atoms with van der Waals surface area (Å²) in [5, 5.41) is 2.67. The van der Waals surface area contributed by atoms with Gasteiger partial charge in [0.25, 0.3) is 0 Å². The number of hydrogen-bond donors (Lipinski definition) is 3. The van der Waals surface area contributed by atoms with Gasteiger partial charge in [0.2, 0.25) is 15.9 Å². The molecule has 6 nitrogen and oxygen atoms in total. The van der Waals surface area contributed by atoms with Crippen LogP contribution >= 0.6 is 0 Å². The average Bonchev–Trinajstić information content (AvgIpc) is 2.48. The van der Waals surface area contributed by atoms with Crippen LogP contribution in [-0.2, 0) is 14.8 Å². The highest BCUT2D eigenvalue weighted by atomic mass is 32.2. The first-order chi connectivity index (χ1) is 11.7. The molecule has 2 aromatic rings. The molecular formula is C18H23N3O3S. The number of amides is 1. The Kier molecular flexibility index (Phi) is 5.81. The molecule has 0 aliphatic rings. The molecule has 0 saturated carbocycles. The minimum atomic E-state index is -3.67. The van der Waals surface area contributed by atoms with E-state index in [4.69, 9.17) is 5.73 Å². The third-order valence-electron chi connectivity index (χ3n) is 3.75. The molecule has 4 N–H and O–H groups in total. The van der Waals surface area contributed by atoms with Gasteiger partial charge in [-0.2, -0.15) is 0 Å². The standard InChI is InChI=1S/C18H23N3O3S/c1-12-10-13(2)18(14(3)11-12)25(23,24)20-9-8-17(22)21-16-7-5-4-6-15(16)19/h4-7,10-11,20H,8-9,19H2,1-3H3,(H,21,22). The fourth-order valence-electron chi connectivity index (χ4n) is 2.79. The molecule has 2 aromatic carbocycles. The molecule has 2 rings (SSSR count). The number of nitrogen functional groups attached to an aromatic ring is 1. The molecule has 0 aliphatic heterocycles. The predicted molar refractivity (Wildman–Crippen MR) is 99.9 cm³/mol. The molecule has 0 heterocycles. The van der Waals surface area contributed by atoms with Gasteiger partial charge in [0.15, 0.2) is 0 Å². The van der Waals surface area contributed by atoms with Crippen molar-refractivity contribution in [3.63, 3.8) is 0 Å². The van der Waals surface area contributed by atoms with E-state index in [1.165, 1.54) is 0 Å². The van der Waals surface area contributed by atoms with Crippen molar-refractivity contribution in [3.8, 4) is 0 Å². The first-order valence-corrected chi connectivity index (χ1v) is 9.41. The van der Waals surface area contributed by atoms with Gasteiger partial charge in [-0.3, -0.25) is 4.79 Å². The van der Waals surface area contributed by atoms with Crippen LogP contribution in [0.3, 0.4) is 0 Å². The van der Waals surface area contributed by atoms with E-state index in [1.54, 1.807) is 38.1 Å². The zero-order valence-corrected chi connectivity index (χ0v) is 15.4. The highest BCUT2D eigenvalue weighted by Gasteiger charge is 2.19. The lowest BCUT2D eigenvalue weighted by atomic mass is 10.1. The van der Waals surface area contributed by atoms with Crippen LogP contribution in [-0.4, -0.2) is 20.9 Å². The number of carbonyl (C=O) groups excluding carboxylic acids is 1. The summed E-state index contributed by atoms with van der Waals surface area (Å²) < 4.78 is 27.5. The van der Waals surface area contributed by atoms with E-state index in [0.717, 1.165) is 5.56 Å². The maximum Gasteiger partial charge on any atom is 0.241 e. The number of sulfonamides is 1. The fourth-order valence-corrected chi connectivity index (χ4v) is 4.27. The van der Waals surface area contributed by atoms with E-state index < -0.39 is 10.0 Å². The van der Waals surface area contributed by atoms with Crippen molar-refractivity contribution in [1.29, 1.82) is 0 Å². The van der Waals surface area contributed by atoms with Crippen LogP contribution in [0.1, 0.15) is 23.1 Å². The summed E-state index contributed by atoms with van der Waals surface area (Å²) >= 11 is 0. The van der Waals surface area contributed by atoms with Crippen molar-refractivity contribution in [1.82, 2.24) is 4.72 Å². The number of para-hydroxylation sites is 2. The molecule has 25 heavy (non-hydrogen) atoms. The van der Waals surface area contributed by atoms with Gasteiger partial charge in [-0.1, -0.05) is 29.8 Å². The van der Waals surface area contributed by atoms with Crippen molar-refractivity contribution in [2.24, 2.45) is 0 Å². The first-order valence-electron chi connectivity index (χ1n) is 7.92. The number of anilines is 2. The quantitative estimate of drug-likeness (QED) is 0.688. The Morgan fingerprint density at radius 3 is 2.28 bits per heavy atom. The lowest BCUT2D eigenvalue weighted by Gasteiger charge is -2.13. The summed E-state index contributed by atoms with van der Waals surface area (Å²) in [6.07, 6.45) is 0.0114. The van der Waals surface area contributed by atoms with Crippen molar-refractivity contribution in [3.05, 3.63) is 53.1 Å². The van der Waals surface area contributed by atoms with Gasteiger partial charge in [0.1, 0.15) is 0 Å². The molecule has 0 fully saturated rings. The Morgan fingerprint density at radius 1 is 1.08 bits per heavy atom. The van der Waals surface area contributed by atoms with E-state index in [1.807, 2.05) is 19.1 Å². The van der Waals surface area contributed by atoms with Crippen molar-refractivity contribution < 1.29 is 13.2 Å². The molecule has 0 spiro atoms. The Labute approximate surface area is 148 Å². The van der Waals surface area contributed by atoms with E-state index >= 15 is 0 Å². The summed E-state index contributed by atoms with van der Waals surface area (Å²) in [4.78, 5) is 12.2. The lowest BCUT2D eigenvalue weighted by molar-refractivity contribution is -0.116. The summed E-state index contributed by atoms with van der Waals surface area (Å²) in [6.45, 7) is 5.45. The second-order valence-corrected chi connectivity index (χ2v) is 7.71. The highest BCUT2D eigenvalue weighted by Crippen LogP contribution is 2.21. The maximum atomic E-state index is 12.5. The smallest absolute Gasteiger partial charge is 0.241 e. The minimum absolute atomic E-state index is 0.00760. The summed E-state index contributed by atoms with van der Waals surface area (Å²) in [6, 6.07) is 10.6. The Balaban J connectivity index is 1.99. The molecule has 0 aliphatic carbocycles.